The molecule has 3 rings (SSSR count). The Balaban J connectivity index is 1.86. The number of fused-ring (bicyclic) bond motifs is 1. The van der Waals surface area contributed by atoms with Crippen molar-refractivity contribution in [3.8, 4) is 0 Å². The van der Waals surface area contributed by atoms with Crippen LogP contribution in [-0.4, -0.2) is 46.3 Å². The lowest BCUT2D eigenvalue weighted by Gasteiger charge is -2.19. The highest BCUT2D eigenvalue weighted by molar-refractivity contribution is 7.89. The lowest BCUT2D eigenvalue weighted by molar-refractivity contribution is 0.189. The van der Waals surface area contributed by atoms with Gasteiger partial charge in [-0.15, -0.1) is 0 Å². The molecule has 0 aliphatic heterocycles. The second-order valence-electron chi connectivity index (χ2n) is 7.21. The van der Waals surface area contributed by atoms with Crippen LogP contribution in [0, 0.1) is 0 Å². The zero-order valence-electron chi connectivity index (χ0n) is 16.9. The molecule has 0 heterocycles. The standard InChI is InChI=1S/C22H25N3O4S/c1-25(2)20-12-6-11-19-18(20)10-7-13-21(19)30(28,29)23-15-17(24-22(26)27)14-16-8-4-3-5-9-16/h3-13,17,23-24H,14-15H2,1-2H3,(H,26,27). The van der Waals surface area contributed by atoms with Gasteiger partial charge in [-0.05, 0) is 24.1 Å². The molecule has 1 amide bonds. The topological polar surface area (TPSA) is 98.7 Å². The number of hydrogen-bond acceptors (Lipinski definition) is 4. The van der Waals surface area contributed by atoms with E-state index in [1.807, 2.05) is 67.5 Å². The number of carboxylic acid groups (broad SMARTS) is 1. The summed E-state index contributed by atoms with van der Waals surface area (Å²) in [4.78, 5) is 13.3. The second-order valence-corrected chi connectivity index (χ2v) is 8.95. The number of carbonyl (C=O) groups is 1. The summed E-state index contributed by atoms with van der Waals surface area (Å²) in [5, 5.41) is 13.0. The molecule has 158 valence electrons. The van der Waals surface area contributed by atoms with Gasteiger partial charge in [-0.3, -0.25) is 0 Å². The molecule has 1 unspecified atom stereocenters. The predicted molar refractivity (Wildman–Crippen MR) is 119 cm³/mol. The van der Waals surface area contributed by atoms with Crippen LogP contribution < -0.4 is 14.9 Å². The van der Waals surface area contributed by atoms with E-state index in [1.54, 1.807) is 18.2 Å². The van der Waals surface area contributed by atoms with Gasteiger partial charge in [-0.2, -0.15) is 0 Å². The normalized spacial score (nSPS) is 12.5. The minimum absolute atomic E-state index is 0.0622. The Kier molecular flexibility index (Phi) is 6.59. The first-order valence-corrected chi connectivity index (χ1v) is 11.0. The van der Waals surface area contributed by atoms with Crippen molar-refractivity contribution in [2.45, 2.75) is 17.4 Å². The molecule has 3 N–H and O–H groups in total. The SMILES string of the molecule is CN(C)c1cccc2c(S(=O)(=O)NCC(Cc3ccccc3)NC(=O)O)cccc12. The molecule has 0 bridgehead atoms. The Morgan fingerprint density at radius 3 is 2.30 bits per heavy atom. The van der Waals surface area contributed by atoms with E-state index in [9.17, 15) is 13.2 Å². The molecule has 0 aromatic heterocycles. The van der Waals surface area contributed by atoms with E-state index in [0.717, 1.165) is 16.6 Å². The minimum Gasteiger partial charge on any atom is -0.465 e. The first-order chi connectivity index (χ1) is 14.3. The molecule has 0 saturated heterocycles. The molecule has 8 heteroatoms. The summed E-state index contributed by atoms with van der Waals surface area (Å²) >= 11 is 0. The molecule has 0 spiro atoms. The average Bonchev–Trinajstić information content (AvgIpc) is 2.71. The fraction of sp³-hybridized carbons (Fsp3) is 0.227. The van der Waals surface area contributed by atoms with Crippen molar-refractivity contribution in [3.05, 3.63) is 72.3 Å². The first-order valence-electron chi connectivity index (χ1n) is 9.50. The number of rotatable bonds is 8. The Morgan fingerprint density at radius 1 is 0.967 bits per heavy atom. The Labute approximate surface area is 176 Å². The van der Waals surface area contributed by atoms with Crippen LogP contribution >= 0.6 is 0 Å². The molecule has 3 aromatic carbocycles. The van der Waals surface area contributed by atoms with Gasteiger partial charge in [-0.25, -0.2) is 17.9 Å². The summed E-state index contributed by atoms with van der Waals surface area (Å²) in [5.74, 6) is 0. The van der Waals surface area contributed by atoms with Crippen LogP contribution in [0.1, 0.15) is 5.56 Å². The van der Waals surface area contributed by atoms with Gasteiger partial charge >= 0.3 is 6.09 Å². The summed E-state index contributed by atoms with van der Waals surface area (Å²) in [6.07, 6.45) is -0.827. The van der Waals surface area contributed by atoms with Crippen molar-refractivity contribution in [2.24, 2.45) is 0 Å². The summed E-state index contributed by atoms with van der Waals surface area (Å²) in [6, 6.07) is 19.4. The number of nitrogens with zero attached hydrogens (tertiary/aromatic N) is 1. The minimum atomic E-state index is -3.85. The second kappa shape index (κ2) is 9.15. The van der Waals surface area contributed by atoms with Crippen molar-refractivity contribution >= 4 is 32.6 Å². The van der Waals surface area contributed by atoms with E-state index in [0.29, 0.717) is 11.8 Å². The van der Waals surface area contributed by atoms with Crippen LogP contribution in [0.15, 0.2) is 71.6 Å². The molecular formula is C22H25N3O4S. The van der Waals surface area contributed by atoms with Crippen LogP contribution in [0.3, 0.4) is 0 Å². The summed E-state index contributed by atoms with van der Waals surface area (Å²) < 4.78 is 28.7. The Bertz CT molecular complexity index is 1130. The van der Waals surface area contributed by atoms with Crippen molar-refractivity contribution < 1.29 is 18.3 Å². The number of hydrogen-bond donors (Lipinski definition) is 3. The van der Waals surface area contributed by atoms with Crippen LogP contribution in [0.25, 0.3) is 10.8 Å². The predicted octanol–water partition coefficient (Wildman–Crippen LogP) is 3.06. The lowest BCUT2D eigenvalue weighted by Crippen LogP contribution is -2.44. The third-order valence-corrected chi connectivity index (χ3v) is 6.28. The van der Waals surface area contributed by atoms with Crippen molar-refractivity contribution in [2.75, 3.05) is 25.5 Å². The number of anilines is 1. The van der Waals surface area contributed by atoms with E-state index < -0.39 is 22.2 Å². The highest BCUT2D eigenvalue weighted by Gasteiger charge is 2.21. The maximum Gasteiger partial charge on any atom is 0.404 e. The van der Waals surface area contributed by atoms with Gasteiger partial charge in [0.05, 0.1) is 4.90 Å². The highest BCUT2D eigenvalue weighted by Crippen LogP contribution is 2.30. The molecule has 0 aliphatic rings. The van der Waals surface area contributed by atoms with Crippen LogP contribution in [-0.2, 0) is 16.4 Å². The zero-order chi connectivity index (χ0) is 21.7. The molecule has 3 aromatic rings. The third kappa shape index (κ3) is 5.08. The molecule has 30 heavy (non-hydrogen) atoms. The van der Waals surface area contributed by atoms with Gasteiger partial charge in [0.1, 0.15) is 0 Å². The van der Waals surface area contributed by atoms with Crippen molar-refractivity contribution in [1.82, 2.24) is 10.0 Å². The lowest BCUT2D eigenvalue weighted by atomic mass is 10.1. The maximum atomic E-state index is 13.1. The molecular weight excluding hydrogens is 402 g/mol. The van der Waals surface area contributed by atoms with E-state index in [2.05, 4.69) is 10.0 Å². The monoisotopic (exact) mass is 427 g/mol. The van der Waals surface area contributed by atoms with E-state index in [1.165, 1.54) is 0 Å². The molecule has 1 atom stereocenters. The maximum absolute atomic E-state index is 13.1. The van der Waals surface area contributed by atoms with Gasteiger partial charge in [0.25, 0.3) is 0 Å². The largest absolute Gasteiger partial charge is 0.465 e. The van der Waals surface area contributed by atoms with E-state index in [4.69, 9.17) is 5.11 Å². The number of sulfonamides is 1. The van der Waals surface area contributed by atoms with Crippen LogP contribution in [0.2, 0.25) is 0 Å². The quantitative estimate of drug-likeness (QED) is 0.513. The number of amides is 1. The molecule has 0 radical (unpaired) electrons. The molecule has 0 fully saturated rings. The highest BCUT2D eigenvalue weighted by atomic mass is 32.2. The molecule has 0 aliphatic carbocycles. The summed E-state index contributed by atoms with van der Waals surface area (Å²) in [6.45, 7) is -0.0622. The molecule has 0 saturated carbocycles. The number of benzene rings is 3. The fourth-order valence-electron chi connectivity index (χ4n) is 3.42. The van der Waals surface area contributed by atoms with Gasteiger partial charge in [0, 0.05) is 43.1 Å². The van der Waals surface area contributed by atoms with Crippen molar-refractivity contribution in [3.63, 3.8) is 0 Å². The van der Waals surface area contributed by atoms with E-state index in [-0.39, 0.29) is 11.4 Å². The third-order valence-electron chi connectivity index (χ3n) is 4.80. The summed E-state index contributed by atoms with van der Waals surface area (Å²) in [5.41, 5.74) is 1.83. The Morgan fingerprint density at radius 2 is 1.63 bits per heavy atom. The Hall–Kier alpha value is -3.10. The van der Waals surface area contributed by atoms with Crippen LogP contribution in [0.4, 0.5) is 10.5 Å². The average molecular weight is 428 g/mol. The van der Waals surface area contributed by atoms with Gasteiger partial charge in [0.2, 0.25) is 10.0 Å². The van der Waals surface area contributed by atoms with Crippen molar-refractivity contribution in [1.29, 1.82) is 0 Å². The van der Waals surface area contributed by atoms with Gasteiger partial charge in [0.15, 0.2) is 0 Å². The van der Waals surface area contributed by atoms with E-state index >= 15 is 0 Å². The number of nitrogens with one attached hydrogen (secondary N) is 2. The zero-order valence-corrected chi connectivity index (χ0v) is 17.7. The van der Waals surface area contributed by atoms with Crippen LogP contribution in [0.5, 0.6) is 0 Å². The van der Waals surface area contributed by atoms with Gasteiger partial charge < -0.3 is 15.3 Å². The fourth-order valence-corrected chi connectivity index (χ4v) is 4.73. The smallest absolute Gasteiger partial charge is 0.404 e. The van der Waals surface area contributed by atoms with Gasteiger partial charge in [-0.1, -0.05) is 54.6 Å². The first kappa shape index (κ1) is 21.6. The molecule has 7 nitrogen and oxygen atoms in total. The summed E-state index contributed by atoms with van der Waals surface area (Å²) in [7, 11) is -0.0485.